The van der Waals surface area contributed by atoms with Gasteiger partial charge in [-0.1, -0.05) is 60.1 Å². The number of benzene rings is 2. The van der Waals surface area contributed by atoms with E-state index < -0.39 is 0 Å². The molecule has 2 aromatic carbocycles. The second-order valence-corrected chi connectivity index (χ2v) is 5.81. The molecule has 1 saturated heterocycles. The van der Waals surface area contributed by atoms with Gasteiger partial charge in [0.15, 0.2) is 0 Å². The minimum absolute atomic E-state index is 0.0335. The number of hydrogen-bond acceptors (Lipinski definition) is 1. The summed E-state index contributed by atoms with van der Waals surface area (Å²) in [4.78, 5) is 0. The Morgan fingerprint density at radius 3 is 2.38 bits per heavy atom. The Morgan fingerprint density at radius 2 is 1.71 bits per heavy atom. The van der Waals surface area contributed by atoms with E-state index in [1.54, 1.807) is 0 Å². The van der Waals surface area contributed by atoms with Crippen molar-refractivity contribution in [3.63, 3.8) is 0 Å². The smallest absolute Gasteiger partial charge is 0.104 e. The molecule has 1 nitrogen and oxygen atoms in total. The fraction of sp³-hybridized carbons (Fsp3) is 0.263. The first-order valence-electron chi connectivity index (χ1n) is 7.39. The fourth-order valence-corrected chi connectivity index (χ4v) is 3.01. The molecule has 2 aromatic rings. The topological polar surface area (TPSA) is 9.23 Å². The number of rotatable bonds is 2. The van der Waals surface area contributed by atoms with Crippen molar-refractivity contribution in [1.82, 2.24) is 0 Å². The third-order valence-electron chi connectivity index (χ3n) is 4.05. The molecular formula is C19H19ClO. The van der Waals surface area contributed by atoms with E-state index in [1.807, 2.05) is 18.2 Å². The summed E-state index contributed by atoms with van der Waals surface area (Å²) in [5.74, 6) is 0. The summed E-state index contributed by atoms with van der Waals surface area (Å²) in [6.07, 6.45) is 4.49. The molecule has 21 heavy (non-hydrogen) atoms. The number of allylic oxidation sites excluding steroid dienone is 1. The molecule has 1 heterocycles. The van der Waals surface area contributed by atoms with Gasteiger partial charge >= 0.3 is 0 Å². The molecule has 3 rings (SSSR count). The maximum absolute atomic E-state index is 6.39. The SMILES string of the molecule is CC=C1CCC(c2ccccc2)OC1c1ccc(Cl)cc1. The van der Waals surface area contributed by atoms with Crippen molar-refractivity contribution in [3.05, 3.63) is 82.4 Å². The minimum atomic E-state index is 0.0335. The standard InChI is InChI=1S/C19H19ClO/c1-2-14-10-13-18(15-6-4-3-5-7-15)21-19(14)16-8-11-17(20)12-9-16/h2-9,11-12,18-19H,10,13H2,1H3. The van der Waals surface area contributed by atoms with Gasteiger partial charge in [0.25, 0.3) is 0 Å². The largest absolute Gasteiger partial charge is 0.361 e. The first-order chi connectivity index (χ1) is 10.3. The first kappa shape index (κ1) is 14.4. The highest BCUT2D eigenvalue weighted by Gasteiger charge is 2.28. The summed E-state index contributed by atoms with van der Waals surface area (Å²) in [6.45, 7) is 2.09. The monoisotopic (exact) mass is 298 g/mol. The van der Waals surface area contributed by atoms with Crippen molar-refractivity contribution >= 4 is 11.6 Å². The van der Waals surface area contributed by atoms with Crippen molar-refractivity contribution in [1.29, 1.82) is 0 Å². The zero-order valence-electron chi connectivity index (χ0n) is 12.1. The van der Waals surface area contributed by atoms with Gasteiger partial charge in [-0.05, 0) is 48.6 Å². The van der Waals surface area contributed by atoms with E-state index in [2.05, 4.69) is 49.4 Å². The molecule has 2 unspecified atom stereocenters. The van der Waals surface area contributed by atoms with E-state index >= 15 is 0 Å². The summed E-state index contributed by atoms with van der Waals surface area (Å²) < 4.78 is 6.39. The van der Waals surface area contributed by atoms with Crippen molar-refractivity contribution in [3.8, 4) is 0 Å². The molecule has 0 amide bonds. The molecule has 0 aliphatic carbocycles. The molecule has 0 saturated carbocycles. The maximum atomic E-state index is 6.39. The normalized spacial score (nSPS) is 24.2. The van der Waals surface area contributed by atoms with E-state index in [4.69, 9.17) is 16.3 Å². The van der Waals surface area contributed by atoms with Crippen LogP contribution in [0.2, 0.25) is 5.02 Å². The molecule has 0 spiro atoms. The Kier molecular flexibility index (Phi) is 4.42. The van der Waals surface area contributed by atoms with E-state index in [9.17, 15) is 0 Å². The minimum Gasteiger partial charge on any atom is -0.361 e. The lowest BCUT2D eigenvalue weighted by molar-refractivity contribution is -0.0223. The van der Waals surface area contributed by atoms with Gasteiger partial charge in [0.2, 0.25) is 0 Å². The Morgan fingerprint density at radius 1 is 1.00 bits per heavy atom. The zero-order chi connectivity index (χ0) is 14.7. The molecule has 0 aromatic heterocycles. The number of hydrogen-bond donors (Lipinski definition) is 0. The van der Waals surface area contributed by atoms with Crippen molar-refractivity contribution in [2.45, 2.75) is 32.0 Å². The predicted molar refractivity (Wildman–Crippen MR) is 87.5 cm³/mol. The van der Waals surface area contributed by atoms with Crippen LogP contribution < -0.4 is 0 Å². The second-order valence-electron chi connectivity index (χ2n) is 5.37. The maximum Gasteiger partial charge on any atom is 0.104 e. The molecule has 1 aliphatic rings. The molecule has 108 valence electrons. The summed E-state index contributed by atoms with van der Waals surface area (Å²) in [5, 5.41) is 0.760. The lowest BCUT2D eigenvalue weighted by Gasteiger charge is -2.33. The first-order valence-corrected chi connectivity index (χ1v) is 7.76. The summed E-state index contributed by atoms with van der Waals surface area (Å²) in [6, 6.07) is 18.4. The summed E-state index contributed by atoms with van der Waals surface area (Å²) in [5.41, 5.74) is 3.78. The van der Waals surface area contributed by atoms with Crippen LogP contribution in [-0.4, -0.2) is 0 Å². The highest BCUT2D eigenvalue weighted by atomic mass is 35.5. The molecule has 0 bridgehead atoms. The Bertz CT molecular complexity index is 616. The molecule has 1 fully saturated rings. The van der Waals surface area contributed by atoms with Crippen molar-refractivity contribution in [2.24, 2.45) is 0 Å². The van der Waals surface area contributed by atoms with Gasteiger partial charge in [-0.2, -0.15) is 0 Å². The van der Waals surface area contributed by atoms with Crippen molar-refractivity contribution in [2.75, 3.05) is 0 Å². The Labute approximate surface area is 131 Å². The lowest BCUT2D eigenvalue weighted by Crippen LogP contribution is -2.18. The van der Waals surface area contributed by atoms with Crippen LogP contribution in [0.5, 0.6) is 0 Å². The summed E-state index contributed by atoms with van der Waals surface area (Å²) >= 11 is 5.99. The van der Waals surface area contributed by atoms with Gasteiger partial charge in [-0.15, -0.1) is 0 Å². The molecule has 1 aliphatic heterocycles. The van der Waals surface area contributed by atoms with Gasteiger partial charge < -0.3 is 4.74 Å². The van der Waals surface area contributed by atoms with E-state index in [-0.39, 0.29) is 12.2 Å². The van der Waals surface area contributed by atoms with Gasteiger partial charge in [0.05, 0.1) is 6.10 Å². The van der Waals surface area contributed by atoms with Crippen molar-refractivity contribution < 1.29 is 4.74 Å². The van der Waals surface area contributed by atoms with Crippen LogP contribution in [0.1, 0.15) is 43.1 Å². The van der Waals surface area contributed by atoms with Crippen LogP contribution in [0, 0.1) is 0 Å². The summed E-state index contributed by atoms with van der Waals surface area (Å²) in [7, 11) is 0. The van der Waals surface area contributed by atoms with Gasteiger partial charge in [-0.3, -0.25) is 0 Å². The van der Waals surface area contributed by atoms with E-state index in [0.717, 1.165) is 17.9 Å². The molecule has 2 heteroatoms. The third-order valence-corrected chi connectivity index (χ3v) is 4.30. The number of halogens is 1. The highest BCUT2D eigenvalue weighted by molar-refractivity contribution is 6.30. The third kappa shape index (κ3) is 3.20. The fourth-order valence-electron chi connectivity index (χ4n) is 2.89. The second kappa shape index (κ2) is 6.46. The van der Waals surface area contributed by atoms with Crippen LogP contribution >= 0.6 is 11.6 Å². The lowest BCUT2D eigenvalue weighted by atomic mass is 9.90. The molecule has 0 radical (unpaired) electrons. The highest BCUT2D eigenvalue weighted by Crippen LogP contribution is 2.41. The predicted octanol–water partition coefficient (Wildman–Crippen LogP) is 5.88. The van der Waals surface area contributed by atoms with E-state index in [1.165, 1.54) is 16.7 Å². The Hall–Kier alpha value is -1.57. The molecular weight excluding hydrogens is 280 g/mol. The van der Waals surface area contributed by atoms with Crippen LogP contribution in [0.3, 0.4) is 0 Å². The quantitative estimate of drug-likeness (QED) is 0.629. The van der Waals surface area contributed by atoms with Gasteiger partial charge in [0.1, 0.15) is 6.10 Å². The van der Waals surface area contributed by atoms with Gasteiger partial charge in [0, 0.05) is 5.02 Å². The van der Waals surface area contributed by atoms with Gasteiger partial charge in [-0.25, -0.2) is 0 Å². The average molecular weight is 299 g/mol. The van der Waals surface area contributed by atoms with Crippen LogP contribution in [0.4, 0.5) is 0 Å². The van der Waals surface area contributed by atoms with Crippen LogP contribution in [0.15, 0.2) is 66.2 Å². The average Bonchev–Trinajstić information content (AvgIpc) is 2.56. The Balaban J connectivity index is 1.87. The zero-order valence-corrected chi connectivity index (χ0v) is 12.9. The molecule has 2 atom stereocenters. The van der Waals surface area contributed by atoms with E-state index in [0.29, 0.717) is 0 Å². The molecule has 0 N–H and O–H groups in total. The van der Waals surface area contributed by atoms with Crippen LogP contribution in [-0.2, 0) is 4.74 Å². The van der Waals surface area contributed by atoms with Crippen LogP contribution in [0.25, 0.3) is 0 Å². The number of ether oxygens (including phenoxy) is 1.